The predicted octanol–water partition coefficient (Wildman–Crippen LogP) is 3.64. The Labute approximate surface area is 129 Å². The fourth-order valence-electron chi connectivity index (χ4n) is 1.60. The number of halogens is 1. The molecule has 0 fully saturated rings. The van der Waals surface area contributed by atoms with Crippen LogP contribution < -0.4 is 10.6 Å². The second-order valence-electron chi connectivity index (χ2n) is 4.01. The van der Waals surface area contributed by atoms with Gasteiger partial charge in [-0.3, -0.25) is 5.32 Å². The van der Waals surface area contributed by atoms with Crippen LogP contribution in [0.4, 0.5) is 21.9 Å². The normalized spacial score (nSPS) is 9.57. The summed E-state index contributed by atoms with van der Waals surface area (Å²) in [6, 6.07) is 10.7. The monoisotopic (exact) mass is 346 g/mol. The molecule has 1 aromatic heterocycles. The van der Waals surface area contributed by atoms with Gasteiger partial charge in [-0.1, -0.05) is 15.9 Å². The maximum Gasteiger partial charge on any atom is 0.411 e. The van der Waals surface area contributed by atoms with Crippen molar-refractivity contribution in [3.63, 3.8) is 0 Å². The fraction of sp³-hybridized carbons (Fsp3) is 0.0714. The van der Waals surface area contributed by atoms with Crippen molar-refractivity contribution in [1.82, 2.24) is 4.98 Å². The maximum absolute atomic E-state index is 11.2. The Morgan fingerprint density at radius 2 is 2.05 bits per heavy atom. The van der Waals surface area contributed by atoms with Crippen LogP contribution in [0.3, 0.4) is 0 Å². The van der Waals surface area contributed by atoms with Gasteiger partial charge in [0.1, 0.15) is 11.8 Å². The van der Waals surface area contributed by atoms with Gasteiger partial charge < -0.3 is 10.1 Å². The molecule has 0 bridgehead atoms. The zero-order valence-electron chi connectivity index (χ0n) is 11.1. The summed E-state index contributed by atoms with van der Waals surface area (Å²) in [5, 5.41) is 14.4. The highest BCUT2D eigenvalue weighted by atomic mass is 79.9. The topological polar surface area (TPSA) is 87.0 Å². The summed E-state index contributed by atoms with van der Waals surface area (Å²) in [6.07, 6.45) is 1.02. The number of rotatable bonds is 3. The molecule has 1 heterocycles. The van der Waals surface area contributed by atoms with Gasteiger partial charge in [0.2, 0.25) is 0 Å². The molecule has 0 radical (unpaired) electrons. The van der Waals surface area contributed by atoms with Gasteiger partial charge in [0.15, 0.2) is 0 Å². The van der Waals surface area contributed by atoms with Gasteiger partial charge in [-0.05, 0) is 30.3 Å². The minimum atomic E-state index is -0.543. The van der Waals surface area contributed by atoms with E-state index in [4.69, 9.17) is 5.26 Å². The number of nitrogens with zero attached hydrogens (tertiary/aromatic N) is 2. The largest absolute Gasteiger partial charge is 0.453 e. The van der Waals surface area contributed by atoms with E-state index in [1.807, 2.05) is 12.1 Å². The number of aromatic nitrogens is 1. The van der Waals surface area contributed by atoms with Crippen molar-refractivity contribution >= 4 is 39.1 Å². The van der Waals surface area contributed by atoms with Crippen LogP contribution in [-0.2, 0) is 4.74 Å². The molecule has 7 heteroatoms. The van der Waals surface area contributed by atoms with Crippen LogP contribution >= 0.6 is 15.9 Å². The van der Waals surface area contributed by atoms with Crippen molar-refractivity contribution in [2.24, 2.45) is 0 Å². The number of amides is 1. The molecular weight excluding hydrogens is 336 g/mol. The summed E-state index contributed by atoms with van der Waals surface area (Å²) in [7, 11) is 1.30. The Balaban J connectivity index is 2.19. The number of nitriles is 1. The van der Waals surface area contributed by atoms with Gasteiger partial charge in [0.05, 0.1) is 19.0 Å². The first-order chi connectivity index (χ1) is 10.1. The lowest BCUT2D eigenvalue weighted by Gasteiger charge is -2.10. The van der Waals surface area contributed by atoms with E-state index in [0.717, 1.165) is 15.8 Å². The maximum atomic E-state index is 11.2. The van der Waals surface area contributed by atoms with Crippen molar-refractivity contribution in [2.45, 2.75) is 0 Å². The lowest BCUT2D eigenvalue weighted by Crippen LogP contribution is -2.11. The van der Waals surface area contributed by atoms with Crippen molar-refractivity contribution in [1.29, 1.82) is 5.26 Å². The number of anilines is 3. The number of pyridine rings is 1. The molecule has 2 aromatic rings. The number of ether oxygens (including phenoxy) is 1. The molecule has 1 aromatic carbocycles. The number of carbonyl (C=O) groups is 1. The quantitative estimate of drug-likeness (QED) is 0.885. The van der Waals surface area contributed by atoms with Crippen LogP contribution in [0, 0.1) is 11.3 Å². The van der Waals surface area contributed by atoms with E-state index in [0.29, 0.717) is 11.4 Å². The minimum Gasteiger partial charge on any atom is -0.453 e. The number of nitrogens with one attached hydrogen (secondary N) is 2. The van der Waals surface area contributed by atoms with E-state index in [1.54, 1.807) is 30.5 Å². The summed E-state index contributed by atoms with van der Waals surface area (Å²) in [5.41, 5.74) is 2.42. The van der Waals surface area contributed by atoms with Gasteiger partial charge in [0.25, 0.3) is 0 Å². The summed E-state index contributed by atoms with van der Waals surface area (Å²) in [6.45, 7) is 0. The zero-order valence-corrected chi connectivity index (χ0v) is 12.6. The molecular formula is C14H11BrN4O2. The molecule has 106 valence electrons. The molecule has 0 saturated heterocycles. The van der Waals surface area contributed by atoms with Gasteiger partial charge in [-0.25, -0.2) is 9.78 Å². The van der Waals surface area contributed by atoms with E-state index in [9.17, 15) is 4.79 Å². The second kappa shape index (κ2) is 6.72. The Morgan fingerprint density at radius 1 is 1.29 bits per heavy atom. The molecule has 0 unspecified atom stereocenters. The molecule has 0 spiro atoms. The Bertz CT molecular complexity index is 695. The molecule has 1 amide bonds. The minimum absolute atomic E-state index is 0.350. The number of hydrogen-bond donors (Lipinski definition) is 2. The van der Waals surface area contributed by atoms with Crippen molar-refractivity contribution in [3.8, 4) is 6.07 Å². The summed E-state index contributed by atoms with van der Waals surface area (Å²) < 4.78 is 5.34. The van der Waals surface area contributed by atoms with Crippen LogP contribution in [0.25, 0.3) is 0 Å². The van der Waals surface area contributed by atoms with Crippen LogP contribution in [0.1, 0.15) is 5.69 Å². The highest BCUT2D eigenvalue weighted by Crippen LogP contribution is 2.25. The van der Waals surface area contributed by atoms with E-state index < -0.39 is 6.09 Å². The van der Waals surface area contributed by atoms with E-state index in [-0.39, 0.29) is 0 Å². The molecule has 0 atom stereocenters. The SMILES string of the molecule is COC(=O)Nc1cc(Br)cc(Nc2ccc(C#N)nc2)c1. The first-order valence-electron chi connectivity index (χ1n) is 5.89. The standard InChI is InChI=1S/C14H11BrN4O2/c1-21-14(20)19-13-5-9(15)4-12(6-13)18-11-3-2-10(7-16)17-8-11/h2-6,8,18H,1H3,(H,19,20). The van der Waals surface area contributed by atoms with Crippen molar-refractivity contribution in [3.05, 3.63) is 46.7 Å². The van der Waals surface area contributed by atoms with Gasteiger partial charge in [-0.15, -0.1) is 0 Å². The highest BCUT2D eigenvalue weighted by molar-refractivity contribution is 9.10. The fourth-order valence-corrected chi connectivity index (χ4v) is 2.10. The number of hydrogen-bond acceptors (Lipinski definition) is 5. The molecule has 0 aliphatic heterocycles. The Morgan fingerprint density at radius 3 is 2.67 bits per heavy atom. The number of carbonyl (C=O) groups excluding carboxylic acids is 1. The van der Waals surface area contributed by atoms with Crippen molar-refractivity contribution in [2.75, 3.05) is 17.7 Å². The summed E-state index contributed by atoms with van der Waals surface area (Å²) in [5.74, 6) is 0. The van der Waals surface area contributed by atoms with E-state index in [1.165, 1.54) is 7.11 Å². The van der Waals surface area contributed by atoms with Gasteiger partial charge in [-0.2, -0.15) is 5.26 Å². The molecule has 6 nitrogen and oxygen atoms in total. The van der Waals surface area contributed by atoms with Crippen molar-refractivity contribution < 1.29 is 9.53 Å². The molecule has 0 aliphatic rings. The molecule has 21 heavy (non-hydrogen) atoms. The van der Waals surface area contributed by atoms with Crippen LogP contribution in [0.15, 0.2) is 41.0 Å². The predicted molar refractivity (Wildman–Crippen MR) is 82.4 cm³/mol. The number of methoxy groups -OCH3 is 1. The smallest absolute Gasteiger partial charge is 0.411 e. The third kappa shape index (κ3) is 4.19. The third-order valence-corrected chi connectivity index (χ3v) is 2.95. The average Bonchev–Trinajstić information content (AvgIpc) is 2.47. The van der Waals surface area contributed by atoms with Gasteiger partial charge in [0, 0.05) is 15.8 Å². The summed E-state index contributed by atoms with van der Waals surface area (Å²) in [4.78, 5) is 15.2. The van der Waals surface area contributed by atoms with E-state index >= 15 is 0 Å². The Kier molecular flexibility index (Phi) is 4.74. The lowest BCUT2D eigenvalue weighted by molar-refractivity contribution is 0.187. The molecule has 2 rings (SSSR count). The van der Waals surface area contributed by atoms with Crippen LogP contribution in [0.2, 0.25) is 0 Å². The molecule has 0 saturated carbocycles. The molecule has 0 aliphatic carbocycles. The zero-order chi connectivity index (χ0) is 15.2. The Hall–Kier alpha value is -2.59. The average molecular weight is 347 g/mol. The second-order valence-corrected chi connectivity index (χ2v) is 4.93. The highest BCUT2D eigenvalue weighted by Gasteiger charge is 2.04. The van der Waals surface area contributed by atoms with Crippen LogP contribution in [0.5, 0.6) is 0 Å². The lowest BCUT2D eigenvalue weighted by atomic mass is 10.2. The molecule has 2 N–H and O–H groups in total. The van der Waals surface area contributed by atoms with E-state index in [2.05, 4.69) is 36.3 Å². The van der Waals surface area contributed by atoms with Gasteiger partial charge >= 0.3 is 6.09 Å². The first kappa shape index (κ1) is 14.8. The van der Waals surface area contributed by atoms with Crippen LogP contribution in [-0.4, -0.2) is 18.2 Å². The summed E-state index contributed by atoms with van der Waals surface area (Å²) >= 11 is 3.37. The first-order valence-corrected chi connectivity index (χ1v) is 6.69. The number of benzene rings is 1. The third-order valence-electron chi connectivity index (χ3n) is 2.50.